The molecule has 1 N–H and O–H groups in total. The van der Waals surface area contributed by atoms with Crippen LogP contribution in [-0.4, -0.2) is 29.1 Å². The van der Waals surface area contributed by atoms with Gasteiger partial charge in [0.2, 0.25) is 0 Å². The van der Waals surface area contributed by atoms with Crippen molar-refractivity contribution in [1.82, 2.24) is 4.98 Å². The number of hydrogen-bond donors (Lipinski definition) is 1. The van der Waals surface area contributed by atoms with Gasteiger partial charge in [-0.25, -0.2) is 14.2 Å². The van der Waals surface area contributed by atoms with E-state index in [-0.39, 0.29) is 17.3 Å². The molecule has 0 aromatic carbocycles. The van der Waals surface area contributed by atoms with Gasteiger partial charge in [-0.1, -0.05) is 0 Å². The molecule has 0 aliphatic carbocycles. The van der Waals surface area contributed by atoms with Crippen molar-refractivity contribution >= 4 is 11.8 Å². The summed E-state index contributed by atoms with van der Waals surface area (Å²) in [7, 11) is 0. The number of carboxylic acids is 1. The molecule has 96 valence electrons. The minimum Gasteiger partial charge on any atom is -0.478 e. The lowest BCUT2D eigenvalue weighted by Crippen LogP contribution is -2.30. The molecule has 0 saturated carbocycles. The van der Waals surface area contributed by atoms with E-state index >= 15 is 0 Å². The molecule has 1 aromatic heterocycles. The summed E-state index contributed by atoms with van der Waals surface area (Å²) in [6.45, 7) is 4.39. The fraction of sp³-hybridized carbons (Fsp3) is 0.417. The molecule has 0 amide bonds. The van der Waals surface area contributed by atoms with Gasteiger partial charge in [-0.15, -0.1) is 0 Å². The Hall–Kier alpha value is -2.16. The number of halogens is 1. The van der Waals surface area contributed by atoms with Crippen molar-refractivity contribution in [3.05, 3.63) is 23.6 Å². The molecule has 0 spiro atoms. The fourth-order valence-electron chi connectivity index (χ4n) is 1.58. The zero-order valence-electron chi connectivity index (χ0n) is 10.2. The summed E-state index contributed by atoms with van der Waals surface area (Å²) in [6, 6.07) is 3.00. The molecule has 18 heavy (non-hydrogen) atoms. The van der Waals surface area contributed by atoms with Gasteiger partial charge >= 0.3 is 5.97 Å². The normalized spacial score (nSPS) is 11.7. The van der Waals surface area contributed by atoms with Crippen LogP contribution in [0.5, 0.6) is 0 Å². The third-order valence-corrected chi connectivity index (χ3v) is 2.46. The molecule has 1 rings (SSSR count). The van der Waals surface area contributed by atoms with Gasteiger partial charge in [-0.3, -0.25) is 0 Å². The highest BCUT2D eigenvalue weighted by molar-refractivity contribution is 5.93. The maximum atomic E-state index is 13.0. The SMILES string of the molecule is CCN(CC(C)C#N)c1ncc(F)cc1C(=O)O. The van der Waals surface area contributed by atoms with Crippen LogP contribution in [0, 0.1) is 23.1 Å². The van der Waals surface area contributed by atoms with Crippen molar-refractivity contribution in [2.75, 3.05) is 18.0 Å². The van der Waals surface area contributed by atoms with Crippen molar-refractivity contribution in [3.63, 3.8) is 0 Å². The Morgan fingerprint density at radius 3 is 2.89 bits per heavy atom. The molecule has 0 bridgehead atoms. The largest absolute Gasteiger partial charge is 0.478 e. The van der Waals surface area contributed by atoms with Crippen LogP contribution >= 0.6 is 0 Å². The van der Waals surface area contributed by atoms with E-state index in [0.29, 0.717) is 13.1 Å². The Morgan fingerprint density at radius 1 is 1.72 bits per heavy atom. The van der Waals surface area contributed by atoms with E-state index < -0.39 is 11.8 Å². The van der Waals surface area contributed by atoms with Crippen LogP contribution in [0.1, 0.15) is 24.2 Å². The summed E-state index contributed by atoms with van der Waals surface area (Å²) in [5, 5.41) is 17.8. The summed E-state index contributed by atoms with van der Waals surface area (Å²) in [6.07, 6.45) is 0.974. The second-order valence-corrected chi connectivity index (χ2v) is 3.90. The molecule has 6 heteroatoms. The Kier molecular flexibility index (Phi) is 4.60. The summed E-state index contributed by atoms with van der Waals surface area (Å²) < 4.78 is 13.0. The van der Waals surface area contributed by atoms with Gasteiger partial charge in [0.25, 0.3) is 0 Å². The van der Waals surface area contributed by atoms with Crippen LogP contribution < -0.4 is 4.90 Å². The van der Waals surface area contributed by atoms with Gasteiger partial charge in [-0.05, 0) is 19.9 Å². The maximum Gasteiger partial charge on any atom is 0.339 e. The van der Waals surface area contributed by atoms with Gasteiger partial charge in [0.15, 0.2) is 0 Å². The van der Waals surface area contributed by atoms with Gasteiger partial charge in [0, 0.05) is 13.1 Å². The Morgan fingerprint density at radius 2 is 2.39 bits per heavy atom. The number of aromatic nitrogens is 1. The Balaban J connectivity index is 3.13. The van der Waals surface area contributed by atoms with E-state index in [1.54, 1.807) is 11.8 Å². The molecule has 1 heterocycles. The highest BCUT2D eigenvalue weighted by Gasteiger charge is 2.19. The third kappa shape index (κ3) is 3.17. The van der Waals surface area contributed by atoms with E-state index in [1.165, 1.54) is 0 Å². The first-order chi connectivity index (χ1) is 8.49. The smallest absolute Gasteiger partial charge is 0.339 e. The van der Waals surface area contributed by atoms with E-state index in [9.17, 15) is 9.18 Å². The first-order valence-corrected chi connectivity index (χ1v) is 5.53. The number of hydrogen-bond acceptors (Lipinski definition) is 4. The molecule has 1 aromatic rings. The number of rotatable bonds is 5. The predicted molar refractivity (Wildman–Crippen MR) is 63.8 cm³/mol. The minimum absolute atomic E-state index is 0.188. The van der Waals surface area contributed by atoms with Crippen molar-refractivity contribution in [3.8, 4) is 6.07 Å². The molecule has 0 fully saturated rings. The number of anilines is 1. The molecule has 5 nitrogen and oxygen atoms in total. The molecule has 0 aliphatic rings. The zero-order valence-corrected chi connectivity index (χ0v) is 10.2. The Labute approximate surface area is 104 Å². The van der Waals surface area contributed by atoms with Gasteiger partial charge < -0.3 is 10.0 Å². The summed E-state index contributed by atoms with van der Waals surface area (Å²) >= 11 is 0. The van der Waals surface area contributed by atoms with Crippen LogP contribution in [0.25, 0.3) is 0 Å². The molecule has 0 saturated heterocycles. The lowest BCUT2D eigenvalue weighted by molar-refractivity contribution is 0.0696. The molecular weight excluding hydrogens is 237 g/mol. The van der Waals surface area contributed by atoms with Crippen molar-refractivity contribution in [1.29, 1.82) is 5.26 Å². The summed E-state index contributed by atoms with van der Waals surface area (Å²) in [5.74, 6) is -2.01. The number of carbonyl (C=O) groups is 1. The Bertz CT molecular complexity index is 485. The topological polar surface area (TPSA) is 77.2 Å². The average molecular weight is 251 g/mol. The predicted octanol–water partition coefficient (Wildman–Crippen LogP) is 1.90. The molecule has 0 radical (unpaired) electrons. The van der Waals surface area contributed by atoms with Crippen molar-refractivity contribution in [2.24, 2.45) is 5.92 Å². The van der Waals surface area contributed by atoms with Crippen LogP contribution in [0.4, 0.5) is 10.2 Å². The van der Waals surface area contributed by atoms with Gasteiger partial charge in [0.1, 0.15) is 17.2 Å². The average Bonchev–Trinajstić information content (AvgIpc) is 2.35. The van der Waals surface area contributed by atoms with Gasteiger partial charge in [0.05, 0.1) is 18.2 Å². The minimum atomic E-state index is -1.24. The lowest BCUT2D eigenvalue weighted by Gasteiger charge is -2.24. The fourth-order valence-corrected chi connectivity index (χ4v) is 1.58. The van der Waals surface area contributed by atoms with Crippen LogP contribution in [0.2, 0.25) is 0 Å². The molecule has 1 atom stereocenters. The molecular formula is C12H14FN3O2. The molecule has 0 aliphatic heterocycles. The quantitative estimate of drug-likeness (QED) is 0.864. The van der Waals surface area contributed by atoms with Crippen LogP contribution in [-0.2, 0) is 0 Å². The van der Waals surface area contributed by atoms with Gasteiger partial charge in [-0.2, -0.15) is 5.26 Å². The monoisotopic (exact) mass is 251 g/mol. The number of nitriles is 1. The second-order valence-electron chi connectivity index (χ2n) is 3.90. The second kappa shape index (κ2) is 5.96. The van der Waals surface area contributed by atoms with Crippen LogP contribution in [0.15, 0.2) is 12.3 Å². The highest BCUT2D eigenvalue weighted by Crippen LogP contribution is 2.19. The lowest BCUT2D eigenvalue weighted by atomic mass is 10.1. The summed E-state index contributed by atoms with van der Waals surface area (Å²) in [4.78, 5) is 16.5. The summed E-state index contributed by atoms with van der Waals surface area (Å²) in [5.41, 5.74) is -0.193. The maximum absolute atomic E-state index is 13.0. The number of carboxylic acid groups (broad SMARTS) is 1. The van der Waals surface area contributed by atoms with Crippen LogP contribution in [0.3, 0.4) is 0 Å². The first kappa shape index (κ1) is 13.9. The van der Waals surface area contributed by atoms with E-state index in [1.807, 2.05) is 6.92 Å². The van der Waals surface area contributed by atoms with E-state index in [4.69, 9.17) is 10.4 Å². The third-order valence-electron chi connectivity index (χ3n) is 2.46. The zero-order chi connectivity index (χ0) is 13.7. The molecule has 1 unspecified atom stereocenters. The van der Waals surface area contributed by atoms with Crippen molar-refractivity contribution in [2.45, 2.75) is 13.8 Å². The van der Waals surface area contributed by atoms with Crippen molar-refractivity contribution < 1.29 is 14.3 Å². The first-order valence-electron chi connectivity index (χ1n) is 5.53. The highest BCUT2D eigenvalue weighted by atomic mass is 19.1. The standard InChI is InChI=1S/C12H14FN3O2/c1-3-16(7-8(2)5-14)11-10(12(17)18)4-9(13)6-15-11/h4,6,8H,3,7H2,1-2H3,(H,17,18). The number of nitrogens with zero attached hydrogens (tertiary/aromatic N) is 3. The van der Waals surface area contributed by atoms with E-state index in [0.717, 1.165) is 12.3 Å². The number of aromatic carboxylic acids is 1. The number of pyridine rings is 1. The van der Waals surface area contributed by atoms with E-state index in [2.05, 4.69) is 11.1 Å².